The maximum atomic E-state index is 8.32. The van der Waals surface area contributed by atoms with E-state index in [9.17, 15) is 0 Å². The minimum atomic E-state index is -0.238. The number of hydrogen-bond acceptors (Lipinski definition) is 2. The molecule has 0 heterocycles. The molecule has 0 aliphatic rings. The zero-order valence-electron chi connectivity index (χ0n) is 3.48. The largest absolute Gasteiger partial charge is 0.394 e. The molecule has 0 amide bonds. The van der Waals surface area contributed by atoms with Gasteiger partial charge in [-0.25, -0.2) is 0 Å². The van der Waals surface area contributed by atoms with Crippen LogP contribution in [-0.2, 0) is 0 Å². The van der Waals surface area contributed by atoms with Crippen LogP contribution in [0.1, 0.15) is 6.92 Å². The highest BCUT2D eigenvalue weighted by atomic mass is 127. The van der Waals surface area contributed by atoms with Crippen molar-refractivity contribution >= 4 is 35.2 Å². The molecule has 1 nitrogen and oxygen atoms in total. The molecule has 1 atom stereocenters. The molecule has 0 rings (SSSR count). The molecule has 0 radical (unpaired) electrons. The molecule has 6 heavy (non-hydrogen) atoms. The summed E-state index contributed by atoms with van der Waals surface area (Å²) in [6, 6.07) is 0. The van der Waals surface area contributed by atoms with Crippen LogP contribution in [0.15, 0.2) is 0 Å². The lowest BCUT2D eigenvalue weighted by Gasteiger charge is -2.07. The predicted molar refractivity (Wildman–Crippen MR) is 38.5 cm³/mol. The molecular formula is C3H7IOS. The summed E-state index contributed by atoms with van der Waals surface area (Å²) in [6.07, 6.45) is 0. The Morgan fingerprint density at radius 2 is 2.17 bits per heavy atom. The van der Waals surface area contributed by atoms with Crippen molar-refractivity contribution in [2.75, 3.05) is 6.61 Å². The van der Waals surface area contributed by atoms with Crippen LogP contribution in [0.2, 0.25) is 0 Å². The van der Waals surface area contributed by atoms with Crippen LogP contribution in [0.4, 0.5) is 0 Å². The van der Waals surface area contributed by atoms with Crippen LogP contribution in [-0.4, -0.2) is 14.5 Å². The van der Waals surface area contributed by atoms with Gasteiger partial charge in [-0.3, -0.25) is 0 Å². The average molecular weight is 218 g/mol. The van der Waals surface area contributed by atoms with E-state index in [-0.39, 0.29) is 9.36 Å². The molecule has 0 aromatic heterocycles. The number of aliphatic hydroxyl groups is 1. The smallest absolute Gasteiger partial charge is 0.0844 e. The summed E-state index contributed by atoms with van der Waals surface area (Å²) < 4.78 is -0.238. The second-order valence-corrected chi connectivity index (χ2v) is 5.52. The van der Waals surface area contributed by atoms with Crippen molar-refractivity contribution in [3.8, 4) is 0 Å². The first-order valence-corrected chi connectivity index (χ1v) is 3.11. The Morgan fingerprint density at radius 1 is 2.00 bits per heavy atom. The third-order valence-electron chi connectivity index (χ3n) is 0.289. The minimum Gasteiger partial charge on any atom is -0.394 e. The van der Waals surface area contributed by atoms with Crippen LogP contribution >= 0.6 is 35.2 Å². The maximum absolute atomic E-state index is 8.32. The zero-order valence-corrected chi connectivity index (χ0v) is 6.53. The number of aliphatic hydroxyl groups excluding tert-OH is 1. The van der Waals surface area contributed by atoms with E-state index in [1.54, 1.807) is 0 Å². The summed E-state index contributed by atoms with van der Waals surface area (Å²) >= 11 is 6.05. The second kappa shape index (κ2) is 2.37. The molecule has 0 aromatic carbocycles. The lowest BCUT2D eigenvalue weighted by Crippen LogP contribution is -2.10. The fourth-order valence-electron chi connectivity index (χ4n) is 0. The highest BCUT2D eigenvalue weighted by Gasteiger charge is 2.09. The quantitative estimate of drug-likeness (QED) is 0.383. The molecular weight excluding hydrogens is 211 g/mol. The van der Waals surface area contributed by atoms with Crippen molar-refractivity contribution in [3.05, 3.63) is 0 Å². The number of halogens is 1. The standard InChI is InChI=1S/C3H7IOS/c1-3(4,6)2-5/h5-6H,2H2,1H3. The Morgan fingerprint density at radius 3 is 2.17 bits per heavy atom. The summed E-state index contributed by atoms with van der Waals surface area (Å²) in [5.74, 6) is 0. The molecule has 0 fully saturated rings. The fourth-order valence-corrected chi connectivity index (χ4v) is 0. The molecule has 0 spiro atoms. The van der Waals surface area contributed by atoms with Crippen molar-refractivity contribution in [3.63, 3.8) is 0 Å². The molecule has 1 N–H and O–H groups in total. The first-order chi connectivity index (χ1) is 2.56. The van der Waals surface area contributed by atoms with E-state index in [2.05, 4.69) is 35.2 Å². The van der Waals surface area contributed by atoms with Crippen LogP contribution < -0.4 is 0 Å². The highest BCUT2D eigenvalue weighted by Crippen LogP contribution is 2.20. The van der Waals surface area contributed by atoms with E-state index in [0.29, 0.717) is 0 Å². The average Bonchev–Trinajstić information content (AvgIpc) is 1.35. The van der Waals surface area contributed by atoms with Gasteiger partial charge in [0.1, 0.15) is 0 Å². The van der Waals surface area contributed by atoms with Crippen LogP contribution in [0.3, 0.4) is 0 Å². The van der Waals surface area contributed by atoms with Crippen LogP contribution in [0.25, 0.3) is 0 Å². The normalized spacial score (nSPS) is 20.0. The van der Waals surface area contributed by atoms with Gasteiger partial charge in [0.05, 0.1) is 9.36 Å². The van der Waals surface area contributed by atoms with Crippen molar-refractivity contribution in [2.24, 2.45) is 0 Å². The predicted octanol–water partition coefficient (Wildman–Crippen LogP) is 1.06. The molecule has 0 saturated carbocycles. The summed E-state index contributed by atoms with van der Waals surface area (Å²) in [4.78, 5) is 0. The van der Waals surface area contributed by atoms with Crippen molar-refractivity contribution < 1.29 is 5.11 Å². The number of alkyl halides is 1. The summed E-state index contributed by atoms with van der Waals surface area (Å²) in [5.41, 5.74) is 0. The lowest BCUT2D eigenvalue weighted by molar-refractivity contribution is 0.296. The molecule has 0 saturated heterocycles. The molecule has 0 bridgehead atoms. The summed E-state index contributed by atoms with van der Waals surface area (Å²) in [6.45, 7) is 1.97. The van der Waals surface area contributed by atoms with Crippen molar-refractivity contribution in [1.29, 1.82) is 0 Å². The Balaban J connectivity index is 3.17. The van der Waals surface area contributed by atoms with Gasteiger partial charge in [-0.05, 0) is 6.92 Å². The van der Waals surface area contributed by atoms with E-state index in [1.165, 1.54) is 0 Å². The molecule has 0 aromatic rings. The Kier molecular flexibility index (Phi) is 2.78. The topological polar surface area (TPSA) is 20.2 Å². The zero-order chi connectivity index (χ0) is 5.21. The lowest BCUT2D eigenvalue weighted by atomic mass is 10.5. The van der Waals surface area contributed by atoms with E-state index >= 15 is 0 Å². The van der Waals surface area contributed by atoms with Crippen LogP contribution in [0.5, 0.6) is 0 Å². The fraction of sp³-hybridized carbons (Fsp3) is 1.00. The monoisotopic (exact) mass is 218 g/mol. The van der Waals surface area contributed by atoms with Crippen molar-refractivity contribution in [2.45, 2.75) is 9.68 Å². The summed E-state index contributed by atoms with van der Waals surface area (Å²) in [7, 11) is 0. The molecule has 3 heteroatoms. The Hall–Kier alpha value is 1.04. The first-order valence-electron chi connectivity index (χ1n) is 1.58. The summed E-state index contributed by atoms with van der Waals surface area (Å²) in [5, 5.41) is 8.32. The van der Waals surface area contributed by atoms with Gasteiger partial charge in [0, 0.05) is 0 Å². The first kappa shape index (κ1) is 7.04. The molecule has 0 aliphatic carbocycles. The number of rotatable bonds is 1. The third-order valence-corrected chi connectivity index (χ3v) is 0.771. The Labute approximate surface area is 56.7 Å². The van der Waals surface area contributed by atoms with Gasteiger partial charge in [-0.1, -0.05) is 22.6 Å². The number of thiol groups is 1. The number of hydrogen-bond donors (Lipinski definition) is 2. The second-order valence-electron chi connectivity index (χ2n) is 1.30. The minimum absolute atomic E-state index is 0.122. The van der Waals surface area contributed by atoms with E-state index in [4.69, 9.17) is 5.11 Å². The van der Waals surface area contributed by atoms with E-state index < -0.39 is 0 Å². The van der Waals surface area contributed by atoms with Gasteiger partial charge in [-0.15, -0.1) is 0 Å². The SMILES string of the molecule is CC(S)(I)CO. The van der Waals surface area contributed by atoms with E-state index in [1.807, 2.05) is 6.92 Å². The highest BCUT2D eigenvalue weighted by molar-refractivity contribution is 14.1. The van der Waals surface area contributed by atoms with Crippen molar-refractivity contribution in [1.82, 2.24) is 0 Å². The maximum Gasteiger partial charge on any atom is 0.0844 e. The molecule has 0 aliphatic heterocycles. The molecule has 1 unspecified atom stereocenters. The van der Waals surface area contributed by atoms with Gasteiger partial charge < -0.3 is 5.11 Å². The third kappa shape index (κ3) is 5.04. The van der Waals surface area contributed by atoms with Gasteiger partial charge in [0.2, 0.25) is 0 Å². The molecule has 38 valence electrons. The van der Waals surface area contributed by atoms with Gasteiger partial charge in [0.25, 0.3) is 0 Å². The van der Waals surface area contributed by atoms with Crippen LogP contribution in [0, 0.1) is 0 Å². The van der Waals surface area contributed by atoms with Gasteiger partial charge in [-0.2, -0.15) is 12.6 Å². The Bertz CT molecular complexity index is 40.5. The van der Waals surface area contributed by atoms with E-state index in [0.717, 1.165) is 0 Å². The van der Waals surface area contributed by atoms with Gasteiger partial charge in [0.15, 0.2) is 0 Å². The van der Waals surface area contributed by atoms with Gasteiger partial charge >= 0.3 is 0 Å².